The summed E-state index contributed by atoms with van der Waals surface area (Å²) < 4.78 is 1.60. The van der Waals surface area contributed by atoms with Crippen LogP contribution in [0.2, 0.25) is 0 Å². The SMILES string of the molecule is CN(C)C(=O)N1CCc2c(cncc2C(=O)Nc2ccnn2C)C1. The molecule has 0 fully saturated rings. The molecule has 3 heterocycles. The van der Waals surface area contributed by atoms with E-state index < -0.39 is 0 Å². The molecule has 0 radical (unpaired) electrons. The van der Waals surface area contributed by atoms with Gasteiger partial charge in [-0.2, -0.15) is 5.10 Å². The molecule has 24 heavy (non-hydrogen) atoms. The van der Waals surface area contributed by atoms with E-state index in [2.05, 4.69) is 15.4 Å². The fraction of sp³-hybridized carbons (Fsp3) is 0.375. The molecule has 0 saturated carbocycles. The molecule has 2 aromatic heterocycles. The van der Waals surface area contributed by atoms with E-state index in [4.69, 9.17) is 0 Å². The zero-order valence-electron chi connectivity index (χ0n) is 14.0. The molecule has 0 saturated heterocycles. The molecule has 3 amide bonds. The van der Waals surface area contributed by atoms with Crippen LogP contribution in [-0.2, 0) is 20.0 Å². The third-order valence-corrected chi connectivity index (χ3v) is 4.10. The zero-order chi connectivity index (χ0) is 17.3. The van der Waals surface area contributed by atoms with Crippen molar-refractivity contribution < 1.29 is 9.59 Å². The van der Waals surface area contributed by atoms with Crippen LogP contribution in [-0.4, -0.2) is 57.1 Å². The first-order chi connectivity index (χ1) is 11.5. The highest BCUT2D eigenvalue weighted by Gasteiger charge is 2.25. The molecule has 8 nitrogen and oxygen atoms in total. The van der Waals surface area contributed by atoms with Gasteiger partial charge in [-0.1, -0.05) is 0 Å². The van der Waals surface area contributed by atoms with Gasteiger partial charge in [0.2, 0.25) is 0 Å². The monoisotopic (exact) mass is 328 g/mol. The van der Waals surface area contributed by atoms with Gasteiger partial charge in [0.1, 0.15) is 5.82 Å². The molecule has 0 aromatic carbocycles. The molecule has 0 aliphatic carbocycles. The number of pyridine rings is 1. The first-order valence-corrected chi connectivity index (χ1v) is 7.68. The van der Waals surface area contributed by atoms with E-state index in [0.29, 0.717) is 30.9 Å². The van der Waals surface area contributed by atoms with Crippen LogP contribution in [0.1, 0.15) is 21.5 Å². The Morgan fingerprint density at radius 2 is 2.08 bits per heavy atom. The van der Waals surface area contributed by atoms with Crippen LogP contribution in [0.25, 0.3) is 0 Å². The summed E-state index contributed by atoms with van der Waals surface area (Å²) in [4.78, 5) is 32.2. The summed E-state index contributed by atoms with van der Waals surface area (Å²) in [7, 11) is 5.22. The summed E-state index contributed by atoms with van der Waals surface area (Å²) in [5, 5.41) is 6.88. The van der Waals surface area contributed by atoms with Gasteiger partial charge in [-0.25, -0.2) is 4.79 Å². The van der Waals surface area contributed by atoms with Gasteiger partial charge in [0.25, 0.3) is 5.91 Å². The summed E-state index contributed by atoms with van der Waals surface area (Å²) in [5.41, 5.74) is 2.41. The van der Waals surface area contributed by atoms with Gasteiger partial charge >= 0.3 is 6.03 Å². The summed E-state index contributed by atoms with van der Waals surface area (Å²) in [6.07, 6.45) is 5.56. The van der Waals surface area contributed by atoms with E-state index in [0.717, 1.165) is 11.1 Å². The number of nitrogens with one attached hydrogen (secondary N) is 1. The molecule has 0 bridgehead atoms. The Balaban J connectivity index is 1.83. The van der Waals surface area contributed by atoms with Gasteiger partial charge in [0.05, 0.1) is 11.8 Å². The number of rotatable bonds is 2. The first kappa shape index (κ1) is 16.0. The average molecular weight is 328 g/mol. The van der Waals surface area contributed by atoms with Gasteiger partial charge in [-0.3, -0.25) is 14.5 Å². The molecule has 0 spiro atoms. The van der Waals surface area contributed by atoms with Crippen molar-refractivity contribution in [3.63, 3.8) is 0 Å². The van der Waals surface area contributed by atoms with Crippen LogP contribution in [0.5, 0.6) is 0 Å². The van der Waals surface area contributed by atoms with Gasteiger partial charge in [0, 0.05) is 52.7 Å². The lowest BCUT2D eigenvalue weighted by Crippen LogP contribution is -2.42. The highest BCUT2D eigenvalue weighted by Crippen LogP contribution is 2.23. The van der Waals surface area contributed by atoms with Crippen LogP contribution in [0.4, 0.5) is 10.6 Å². The standard InChI is InChI=1S/C16H20N6O2/c1-20(2)16(24)22-7-5-12-11(10-22)8-17-9-13(12)15(23)19-14-4-6-18-21(14)3/h4,6,8-9H,5,7,10H2,1-3H3,(H,19,23). The Kier molecular flexibility index (Phi) is 4.20. The Bertz CT molecular complexity index is 783. The Labute approximate surface area is 140 Å². The molecule has 1 aliphatic heterocycles. The van der Waals surface area contributed by atoms with Crippen molar-refractivity contribution in [3.05, 3.63) is 41.3 Å². The highest BCUT2D eigenvalue weighted by molar-refractivity contribution is 6.05. The highest BCUT2D eigenvalue weighted by atomic mass is 16.2. The minimum atomic E-state index is -0.213. The van der Waals surface area contributed by atoms with Crippen molar-refractivity contribution in [2.45, 2.75) is 13.0 Å². The number of fused-ring (bicyclic) bond motifs is 1. The number of aryl methyl sites for hydroxylation is 1. The van der Waals surface area contributed by atoms with Crippen molar-refractivity contribution in [3.8, 4) is 0 Å². The number of amides is 3. The van der Waals surface area contributed by atoms with Crippen molar-refractivity contribution in [2.75, 3.05) is 26.0 Å². The maximum absolute atomic E-state index is 12.6. The minimum absolute atomic E-state index is 0.0367. The third kappa shape index (κ3) is 2.94. The smallest absolute Gasteiger partial charge is 0.319 e. The number of carbonyl (C=O) groups is 2. The van der Waals surface area contributed by atoms with Crippen molar-refractivity contribution in [1.82, 2.24) is 24.6 Å². The van der Waals surface area contributed by atoms with E-state index in [-0.39, 0.29) is 11.9 Å². The average Bonchev–Trinajstić information content (AvgIpc) is 2.97. The maximum atomic E-state index is 12.6. The second kappa shape index (κ2) is 6.31. The van der Waals surface area contributed by atoms with E-state index in [9.17, 15) is 9.59 Å². The lowest BCUT2D eigenvalue weighted by molar-refractivity contribution is 0.102. The van der Waals surface area contributed by atoms with Crippen molar-refractivity contribution >= 4 is 17.8 Å². The molecule has 1 N–H and O–H groups in total. The lowest BCUT2D eigenvalue weighted by atomic mass is 9.97. The van der Waals surface area contributed by atoms with Gasteiger partial charge in [0.15, 0.2) is 0 Å². The number of urea groups is 1. The van der Waals surface area contributed by atoms with Crippen LogP contribution < -0.4 is 5.32 Å². The summed E-state index contributed by atoms with van der Waals surface area (Å²) in [5.74, 6) is 0.410. The molecule has 0 atom stereocenters. The second-order valence-electron chi connectivity index (χ2n) is 5.97. The predicted octanol–water partition coefficient (Wildman–Crippen LogP) is 1.11. The topological polar surface area (TPSA) is 83.4 Å². The zero-order valence-corrected chi connectivity index (χ0v) is 14.0. The van der Waals surface area contributed by atoms with E-state index in [1.807, 2.05) is 0 Å². The number of aromatic nitrogens is 3. The van der Waals surface area contributed by atoms with Gasteiger partial charge < -0.3 is 15.1 Å². The molecule has 3 rings (SSSR count). The van der Waals surface area contributed by atoms with E-state index in [1.54, 1.807) is 60.3 Å². The fourth-order valence-corrected chi connectivity index (χ4v) is 2.82. The van der Waals surface area contributed by atoms with Crippen molar-refractivity contribution in [1.29, 1.82) is 0 Å². The Morgan fingerprint density at radius 3 is 2.75 bits per heavy atom. The van der Waals surface area contributed by atoms with Gasteiger partial charge in [-0.05, 0) is 17.5 Å². The molecule has 0 unspecified atom stereocenters. The van der Waals surface area contributed by atoms with Crippen LogP contribution in [0, 0.1) is 0 Å². The minimum Gasteiger partial charge on any atom is -0.331 e. The van der Waals surface area contributed by atoms with Crippen LogP contribution >= 0.6 is 0 Å². The summed E-state index contributed by atoms with van der Waals surface area (Å²) >= 11 is 0. The quantitative estimate of drug-likeness (QED) is 0.895. The molecular formula is C16H20N6O2. The second-order valence-corrected chi connectivity index (χ2v) is 5.97. The Morgan fingerprint density at radius 1 is 1.29 bits per heavy atom. The maximum Gasteiger partial charge on any atom is 0.319 e. The Hall–Kier alpha value is -2.90. The third-order valence-electron chi connectivity index (χ3n) is 4.10. The molecule has 8 heteroatoms. The number of anilines is 1. The number of carbonyl (C=O) groups excluding carboxylic acids is 2. The largest absolute Gasteiger partial charge is 0.331 e. The van der Waals surface area contributed by atoms with Crippen LogP contribution in [0.15, 0.2) is 24.7 Å². The molecule has 126 valence electrons. The molecule has 2 aromatic rings. The predicted molar refractivity (Wildman–Crippen MR) is 88.6 cm³/mol. The van der Waals surface area contributed by atoms with E-state index in [1.165, 1.54) is 0 Å². The first-order valence-electron chi connectivity index (χ1n) is 7.68. The number of nitrogens with zero attached hydrogens (tertiary/aromatic N) is 5. The summed E-state index contributed by atoms with van der Waals surface area (Å²) in [6.45, 7) is 1.05. The number of hydrogen-bond acceptors (Lipinski definition) is 4. The van der Waals surface area contributed by atoms with Crippen LogP contribution in [0.3, 0.4) is 0 Å². The lowest BCUT2D eigenvalue weighted by Gasteiger charge is -2.31. The summed E-state index contributed by atoms with van der Waals surface area (Å²) in [6, 6.07) is 1.70. The van der Waals surface area contributed by atoms with Crippen molar-refractivity contribution in [2.24, 2.45) is 7.05 Å². The molecule has 1 aliphatic rings. The number of hydrogen-bond donors (Lipinski definition) is 1. The normalized spacial score (nSPS) is 13.4. The molecular weight excluding hydrogens is 308 g/mol. The van der Waals surface area contributed by atoms with E-state index >= 15 is 0 Å². The fourth-order valence-electron chi connectivity index (χ4n) is 2.82. The van der Waals surface area contributed by atoms with Gasteiger partial charge in [-0.15, -0.1) is 0 Å².